The third-order valence-corrected chi connectivity index (χ3v) is 12.6. The number of allylic oxidation sites excluding steroid dienone is 1. The van der Waals surface area contributed by atoms with Gasteiger partial charge in [-0.1, -0.05) is 121 Å². The highest BCUT2D eigenvalue weighted by Crippen LogP contribution is 2.40. The van der Waals surface area contributed by atoms with Gasteiger partial charge < -0.3 is 18.3 Å². The third-order valence-electron chi connectivity index (χ3n) is 12.6. The van der Waals surface area contributed by atoms with Gasteiger partial charge in [0.1, 0.15) is 0 Å². The van der Waals surface area contributed by atoms with E-state index in [-0.39, 0.29) is 0 Å². The molecule has 0 N–H and O–H groups in total. The van der Waals surface area contributed by atoms with Crippen LogP contribution in [0.5, 0.6) is 0 Å². The van der Waals surface area contributed by atoms with Gasteiger partial charge in [-0.15, -0.1) is 0 Å². The summed E-state index contributed by atoms with van der Waals surface area (Å²) in [6, 6.07) is 67.1. The number of hydrogen-bond donors (Lipinski definition) is 0. The van der Waals surface area contributed by atoms with Gasteiger partial charge in [-0.3, -0.25) is 0 Å². The lowest BCUT2D eigenvalue weighted by atomic mass is 10.0. The summed E-state index contributed by atoms with van der Waals surface area (Å²) in [5.74, 6) is 0. The quantitative estimate of drug-likeness (QED) is 0.171. The zero-order valence-electron chi connectivity index (χ0n) is 31.7. The van der Waals surface area contributed by atoms with Crippen LogP contribution in [0.3, 0.4) is 0 Å². The number of fused-ring (bicyclic) bond motifs is 12. The third kappa shape index (κ3) is 4.34. The first-order valence-corrected chi connectivity index (χ1v) is 20.3. The Bertz CT molecular complexity index is 3640. The van der Waals surface area contributed by atoms with Gasteiger partial charge in [0.25, 0.3) is 0 Å². The minimum atomic E-state index is 1.03. The molecule has 13 rings (SSSR count). The molecule has 4 heteroatoms. The fourth-order valence-electron chi connectivity index (χ4n) is 10.2. The lowest BCUT2D eigenvalue weighted by Gasteiger charge is -2.15. The molecule has 12 aromatic rings. The van der Waals surface area contributed by atoms with Crippen molar-refractivity contribution < 1.29 is 0 Å². The minimum Gasteiger partial charge on any atom is -0.313 e. The summed E-state index contributed by atoms with van der Waals surface area (Å²) in [7, 11) is 0. The van der Waals surface area contributed by atoms with Gasteiger partial charge in [-0.25, -0.2) is 0 Å². The Labute approximate surface area is 334 Å². The maximum Gasteiger partial charge on any atom is 0.0561 e. The van der Waals surface area contributed by atoms with Crippen molar-refractivity contribution in [3.63, 3.8) is 0 Å². The maximum absolute atomic E-state index is 2.50. The first-order chi connectivity index (χ1) is 28.8. The molecule has 272 valence electrons. The van der Waals surface area contributed by atoms with Gasteiger partial charge in [0.2, 0.25) is 0 Å². The van der Waals surface area contributed by atoms with Crippen molar-refractivity contribution in [1.82, 2.24) is 18.3 Å². The van der Waals surface area contributed by atoms with E-state index >= 15 is 0 Å². The normalized spacial score (nSPS) is 13.0. The van der Waals surface area contributed by atoms with E-state index in [2.05, 4.69) is 212 Å². The number of aromatic nitrogens is 4. The summed E-state index contributed by atoms with van der Waals surface area (Å²) in [5, 5.41) is 8.84. The monoisotopic (exact) mass is 740 g/mol. The molecule has 0 atom stereocenters. The summed E-state index contributed by atoms with van der Waals surface area (Å²) < 4.78 is 9.84. The minimum absolute atomic E-state index is 1.03. The summed E-state index contributed by atoms with van der Waals surface area (Å²) in [6.07, 6.45) is 6.72. The average Bonchev–Trinajstić information content (AvgIpc) is 4.01. The average molecular weight is 741 g/mol. The Morgan fingerprint density at radius 1 is 0.293 bits per heavy atom. The molecule has 0 saturated carbocycles. The molecule has 8 aromatic carbocycles. The van der Waals surface area contributed by atoms with Crippen molar-refractivity contribution in [3.05, 3.63) is 199 Å². The van der Waals surface area contributed by atoms with Crippen LogP contribution in [0.15, 0.2) is 188 Å². The highest BCUT2D eigenvalue weighted by atomic mass is 15.0. The second-order valence-electron chi connectivity index (χ2n) is 15.7. The van der Waals surface area contributed by atoms with E-state index in [1.807, 2.05) is 0 Å². The molecule has 1 aliphatic carbocycles. The second-order valence-corrected chi connectivity index (χ2v) is 15.7. The number of nitrogens with zero attached hydrogens (tertiary/aromatic N) is 4. The first kappa shape index (κ1) is 31.6. The van der Waals surface area contributed by atoms with Crippen LogP contribution in [0.2, 0.25) is 0 Å². The Hall–Kier alpha value is -7.56. The molecule has 0 aliphatic heterocycles. The van der Waals surface area contributed by atoms with Crippen LogP contribution in [0.4, 0.5) is 0 Å². The van der Waals surface area contributed by atoms with Crippen molar-refractivity contribution in [1.29, 1.82) is 0 Å². The van der Waals surface area contributed by atoms with Crippen molar-refractivity contribution >= 4 is 82.4 Å². The van der Waals surface area contributed by atoms with Crippen LogP contribution in [0.1, 0.15) is 17.7 Å². The van der Waals surface area contributed by atoms with E-state index in [0.29, 0.717) is 0 Å². The van der Waals surface area contributed by atoms with E-state index in [0.717, 1.165) is 29.9 Å². The molecule has 0 bridgehead atoms. The van der Waals surface area contributed by atoms with Crippen LogP contribution in [-0.4, -0.2) is 18.3 Å². The Morgan fingerprint density at radius 2 is 0.672 bits per heavy atom. The molecule has 0 spiro atoms. The smallest absolute Gasteiger partial charge is 0.0561 e. The van der Waals surface area contributed by atoms with E-state index in [1.165, 1.54) is 93.3 Å². The largest absolute Gasteiger partial charge is 0.313 e. The van der Waals surface area contributed by atoms with Crippen molar-refractivity contribution in [2.45, 2.75) is 12.8 Å². The van der Waals surface area contributed by atoms with Gasteiger partial charge in [0.05, 0.1) is 38.6 Å². The van der Waals surface area contributed by atoms with E-state index in [9.17, 15) is 0 Å². The molecule has 0 fully saturated rings. The van der Waals surface area contributed by atoms with Crippen LogP contribution in [-0.2, 0) is 6.42 Å². The van der Waals surface area contributed by atoms with Crippen molar-refractivity contribution in [2.75, 3.05) is 0 Å². The predicted molar refractivity (Wildman–Crippen MR) is 244 cm³/mol. The molecular formula is C54H36N4. The molecule has 4 heterocycles. The first-order valence-electron chi connectivity index (χ1n) is 20.3. The molecule has 0 amide bonds. The van der Waals surface area contributed by atoms with E-state index in [1.54, 1.807) is 0 Å². The molecular weight excluding hydrogens is 705 g/mol. The molecule has 1 aliphatic rings. The summed E-state index contributed by atoms with van der Waals surface area (Å²) in [4.78, 5) is 0. The Morgan fingerprint density at radius 3 is 1.17 bits per heavy atom. The standard InChI is InChI=1S/C54H36N4/c1-7-22-47-39(16-1)40-17-2-8-23-48(40)55(47)37-28-30-45-43-20-5-11-26-51(43)57(53(45)33-37)35-14-13-15-36(32-35)58-52-27-12-6-21-44(52)46-31-29-38(34-54(46)58)56-49-24-9-3-18-41(49)42-19-4-10-25-50(42)56/h1-9,11-24,26-34H,10,25H2. The van der Waals surface area contributed by atoms with Crippen LogP contribution < -0.4 is 0 Å². The van der Waals surface area contributed by atoms with Gasteiger partial charge in [-0.05, 0) is 85.6 Å². The number of benzene rings is 8. The van der Waals surface area contributed by atoms with Crippen LogP contribution in [0, 0.1) is 0 Å². The van der Waals surface area contributed by atoms with Gasteiger partial charge >= 0.3 is 0 Å². The predicted octanol–water partition coefficient (Wildman–Crippen LogP) is 13.9. The lowest BCUT2D eigenvalue weighted by Crippen LogP contribution is -2.03. The fourth-order valence-corrected chi connectivity index (χ4v) is 10.2. The molecule has 4 aromatic heterocycles. The van der Waals surface area contributed by atoms with Gasteiger partial charge in [-0.2, -0.15) is 0 Å². The molecule has 0 saturated heterocycles. The fraction of sp³-hybridized carbons (Fsp3) is 0.0370. The topological polar surface area (TPSA) is 19.7 Å². The zero-order chi connectivity index (χ0) is 37.9. The van der Waals surface area contributed by atoms with Crippen molar-refractivity contribution in [3.8, 4) is 22.7 Å². The van der Waals surface area contributed by atoms with Gasteiger partial charge in [0.15, 0.2) is 0 Å². The molecule has 0 radical (unpaired) electrons. The summed E-state index contributed by atoms with van der Waals surface area (Å²) >= 11 is 0. The highest BCUT2D eigenvalue weighted by Gasteiger charge is 2.21. The lowest BCUT2D eigenvalue weighted by molar-refractivity contribution is 0.889. The van der Waals surface area contributed by atoms with Crippen molar-refractivity contribution in [2.24, 2.45) is 0 Å². The van der Waals surface area contributed by atoms with E-state index in [4.69, 9.17) is 0 Å². The Balaban J connectivity index is 1.04. The number of para-hydroxylation sites is 5. The van der Waals surface area contributed by atoms with Crippen LogP contribution >= 0.6 is 0 Å². The number of hydrogen-bond acceptors (Lipinski definition) is 0. The number of rotatable bonds is 4. The van der Waals surface area contributed by atoms with Gasteiger partial charge in [0, 0.05) is 71.7 Å². The summed E-state index contributed by atoms with van der Waals surface area (Å²) in [6.45, 7) is 0. The molecule has 0 unspecified atom stereocenters. The summed E-state index contributed by atoms with van der Waals surface area (Å²) in [5.41, 5.74) is 15.8. The van der Waals surface area contributed by atoms with E-state index < -0.39 is 0 Å². The highest BCUT2D eigenvalue weighted by molar-refractivity contribution is 6.13. The molecule has 4 nitrogen and oxygen atoms in total. The zero-order valence-corrected chi connectivity index (χ0v) is 31.7. The SMILES string of the molecule is C1=Cc2c(n(-c3ccc4c5ccccc5n(-c5cccc(-n6c7ccccc7c7ccc(-n8c9ccccc9c9ccccc98)cc76)c5)c4c3)c3ccccc23)CC1. The Kier molecular flexibility index (Phi) is 6.53. The van der Waals surface area contributed by atoms with Crippen LogP contribution in [0.25, 0.3) is 105 Å². The second kappa shape index (κ2) is 12.0. The molecule has 58 heavy (non-hydrogen) atoms. The maximum atomic E-state index is 2.50.